The summed E-state index contributed by atoms with van der Waals surface area (Å²) in [7, 11) is 0. The van der Waals surface area contributed by atoms with Crippen LogP contribution in [-0.4, -0.2) is 16.9 Å². The van der Waals surface area contributed by atoms with Crippen LogP contribution in [0.25, 0.3) is 21.2 Å². The van der Waals surface area contributed by atoms with Gasteiger partial charge in [0.25, 0.3) is 0 Å². The molecular weight excluding hydrogens is 455 g/mol. The molecule has 0 saturated carbocycles. The number of halogens is 3. The summed E-state index contributed by atoms with van der Waals surface area (Å²) < 4.78 is 38.5. The molecule has 0 radical (unpaired) electrons. The van der Waals surface area contributed by atoms with Crippen molar-refractivity contribution in [2.45, 2.75) is 71.4 Å². The zero-order valence-corrected chi connectivity index (χ0v) is 20.6. The maximum atomic E-state index is 12.8. The molecule has 2 aromatic heterocycles. The van der Waals surface area contributed by atoms with E-state index in [0.717, 1.165) is 42.5 Å². The molecule has 0 saturated heterocycles. The van der Waals surface area contributed by atoms with Crippen molar-refractivity contribution in [2.24, 2.45) is 5.73 Å². The minimum atomic E-state index is -4.67. The van der Waals surface area contributed by atoms with Gasteiger partial charge in [0.1, 0.15) is 5.70 Å². The van der Waals surface area contributed by atoms with E-state index in [0.29, 0.717) is 6.08 Å². The quantitative estimate of drug-likeness (QED) is 0.211. The molecule has 0 aliphatic carbocycles. The number of thiophene rings is 1. The number of pyridine rings is 1. The lowest BCUT2D eigenvalue weighted by Gasteiger charge is -2.09. The van der Waals surface area contributed by atoms with Crippen molar-refractivity contribution in [1.29, 1.82) is 5.41 Å². The average Bonchev–Trinajstić information content (AvgIpc) is 3.19. The number of aryl methyl sites for hydroxylation is 2. The number of hydrogen-bond donors (Lipinski definition) is 2. The normalized spacial score (nSPS) is 12.4. The van der Waals surface area contributed by atoms with Gasteiger partial charge in [0, 0.05) is 21.3 Å². The molecule has 34 heavy (non-hydrogen) atoms. The molecular formula is C27H32F3N3S. The van der Waals surface area contributed by atoms with Gasteiger partial charge in [0.05, 0.1) is 11.4 Å². The maximum Gasteiger partial charge on any atom is 0.430 e. The van der Waals surface area contributed by atoms with Crippen molar-refractivity contribution in [2.75, 3.05) is 0 Å². The third-order valence-electron chi connectivity index (χ3n) is 5.89. The second-order valence-electron chi connectivity index (χ2n) is 8.55. The third-order valence-corrected chi connectivity index (χ3v) is 7.20. The molecule has 1 aromatic carbocycles. The summed E-state index contributed by atoms with van der Waals surface area (Å²) in [5, 5.41) is 10.6. The van der Waals surface area contributed by atoms with Crippen LogP contribution in [0.1, 0.15) is 68.5 Å². The average molecular weight is 488 g/mol. The maximum absolute atomic E-state index is 12.8. The van der Waals surface area contributed by atoms with Gasteiger partial charge in [0.2, 0.25) is 0 Å². The van der Waals surface area contributed by atoms with E-state index in [1.54, 1.807) is 23.6 Å². The zero-order valence-electron chi connectivity index (χ0n) is 19.8. The Morgan fingerprint density at radius 2 is 1.82 bits per heavy atom. The number of nitrogens with zero attached hydrogens (tertiary/aromatic N) is 1. The number of alkyl halides is 3. The minimum absolute atomic E-state index is 0.168. The van der Waals surface area contributed by atoms with Crippen LogP contribution in [0.5, 0.6) is 0 Å². The van der Waals surface area contributed by atoms with E-state index in [4.69, 9.17) is 11.1 Å². The fourth-order valence-corrected chi connectivity index (χ4v) is 5.40. The highest BCUT2D eigenvalue weighted by Gasteiger charge is 2.31. The van der Waals surface area contributed by atoms with Gasteiger partial charge in [-0.2, -0.15) is 13.2 Å². The Bertz CT molecular complexity index is 1160. The van der Waals surface area contributed by atoms with E-state index in [-0.39, 0.29) is 11.4 Å². The zero-order chi connectivity index (χ0) is 24.7. The summed E-state index contributed by atoms with van der Waals surface area (Å²) in [6.07, 6.45) is 6.44. The van der Waals surface area contributed by atoms with Crippen molar-refractivity contribution < 1.29 is 13.2 Å². The fraction of sp³-hybridized carbons (Fsp3) is 0.407. The van der Waals surface area contributed by atoms with Gasteiger partial charge < -0.3 is 5.73 Å². The summed E-state index contributed by atoms with van der Waals surface area (Å²) in [5.41, 5.74) is 5.79. The third kappa shape index (κ3) is 6.26. The molecule has 0 amide bonds. The van der Waals surface area contributed by atoms with E-state index >= 15 is 0 Å². The molecule has 3 N–H and O–H groups in total. The van der Waals surface area contributed by atoms with Crippen LogP contribution < -0.4 is 5.73 Å². The van der Waals surface area contributed by atoms with Gasteiger partial charge in [-0.15, -0.1) is 11.3 Å². The number of allylic oxidation sites excluding steroid dienone is 2. The summed E-state index contributed by atoms with van der Waals surface area (Å²) in [5.74, 6) is 0. The van der Waals surface area contributed by atoms with Crippen molar-refractivity contribution in [3.63, 3.8) is 0 Å². The molecule has 0 bridgehead atoms. The van der Waals surface area contributed by atoms with Crippen LogP contribution >= 0.6 is 11.3 Å². The largest absolute Gasteiger partial charge is 0.430 e. The number of aromatic nitrogens is 1. The van der Waals surface area contributed by atoms with Gasteiger partial charge in [-0.05, 0) is 60.4 Å². The lowest BCUT2D eigenvalue weighted by atomic mass is 9.97. The standard InChI is InChI=1S/C27H32F3N3S/c1-3-5-7-8-13-23-20-12-9-11-18(10-6-4-2)25(20)26(34-23)19-14-15-33-22(16-19)21(31)17-24(32)27(28,29)30/h9,11-12,14-17,31H,3-8,10,13,32H2,1-2H3/b24-17-,31-21?. The number of hydrogen-bond acceptors (Lipinski definition) is 4. The molecule has 182 valence electrons. The smallest absolute Gasteiger partial charge is 0.395 e. The first-order valence-corrected chi connectivity index (χ1v) is 12.7. The predicted molar refractivity (Wildman–Crippen MR) is 137 cm³/mol. The first-order chi connectivity index (χ1) is 16.3. The summed E-state index contributed by atoms with van der Waals surface area (Å²) in [6.45, 7) is 4.38. The SMILES string of the molecule is CCCCCCc1sc(-c2ccnc(C(=N)/C=C(\N)C(F)(F)F)c2)c2c(CCCC)cccc12. The van der Waals surface area contributed by atoms with Crippen LogP contribution in [0, 0.1) is 5.41 Å². The van der Waals surface area contributed by atoms with Crippen LogP contribution in [-0.2, 0) is 12.8 Å². The van der Waals surface area contributed by atoms with Crippen molar-refractivity contribution in [3.8, 4) is 10.4 Å². The molecule has 7 heteroatoms. The molecule has 0 fully saturated rings. The van der Waals surface area contributed by atoms with Gasteiger partial charge >= 0.3 is 6.18 Å². The Labute approximate surface area is 203 Å². The molecule has 3 nitrogen and oxygen atoms in total. The molecule has 3 aromatic rings. The monoisotopic (exact) mass is 487 g/mol. The first kappa shape index (κ1) is 25.9. The number of benzene rings is 1. The van der Waals surface area contributed by atoms with E-state index in [2.05, 4.69) is 37.0 Å². The highest BCUT2D eigenvalue weighted by molar-refractivity contribution is 7.17. The number of nitrogens with one attached hydrogen (secondary N) is 1. The molecule has 0 spiro atoms. The summed E-state index contributed by atoms with van der Waals surface area (Å²) >= 11 is 1.75. The van der Waals surface area contributed by atoms with Gasteiger partial charge in [-0.1, -0.05) is 57.7 Å². The molecule has 0 unspecified atom stereocenters. The topological polar surface area (TPSA) is 62.8 Å². The van der Waals surface area contributed by atoms with Crippen LogP contribution in [0.3, 0.4) is 0 Å². The Morgan fingerprint density at radius 3 is 2.53 bits per heavy atom. The Morgan fingerprint density at radius 1 is 1.06 bits per heavy atom. The number of rotatable bonds is 11. The lowest BCUT2D eigenvalue weighted by Crippen LogP contribution is -2.20. The van der Waals surface area contributed by atoms with E-state index < -0.39 is 11.9 Å². The van der Waals surface area contributed by atoms with Crippen molar-refractivity contribution >= 4 is 27.8 Å². The number of unbranched alkanes of at least 4 members (excludes halogenated alkanes) is 4. The highest BCUT2D eigenvalue weighted by atomic mass is 32.1. The van der Waals surface area contributed by atoms with Crippen molar-refractivity contribution in [1.82, 2.24) is 4.98 Å². The molecule has 0 aliphatic heterocycles. The minimum Gasteiger partial charge on any atom is -0.395 e. The van der Waals surface area contributed by atoms with Crippen LogP contribution in [0.4, 0.5) is 13.2 Å². The Kier molecular flexibility index (Phi) is 8.89. The van der Waals surface area contributed by atoms with E-state index in [1.807, 2.05) is 6.07 Å². The molecule has 2 heterocycles. The number of fused-ring (bicyclic) bond motifs is 1. The van der Waals surface area contributed by atoms with Crippen molar-refractivity contribution in [3.05, 3.63) is 64.4 Å². The fourth-order valence-electron chi connectivity index (χ4n) is 4.04. The molecule has 0 aliphatic rings. The van der Waals surface area contributed by atoms with Crippen LogP contribution in [0.15, 0.2) is 48.3 Å². The Hall–Kier alpha value is -2.67. The first-order valence-electron chi connectivity index (χ1n) is 11.9. The lowest BCUT2D eigenvalue weighted by molar-refractivity contribution is -0.0925. The summed E-state index contributed by atoms with van der Waals surface area (Å²) in [4.78, 5) is 6.58. The summed E-state index contributed by atoms with van der Waals surface area (Å²) in [6, 6.07) is 10.0. The Balaban J connectivity index is 2.06. The van der Waals surface area contributed by atoms with E-state index in [9.17, 15) is 13.2 Å². The highest BCUT2D eigenvalue weighted by Crippen LogP contribution is 2.42. The van der Waals surface area contributed by atoms with E-state index in [1.165, 1.54) is 40.5 Å². The second kappa shape index (κ2) is 11.6. The van der Waals surface area contributed by atoms with Crippen LogP contribution in [0.2, 0.25) is 0 Å². The molecule has 0 atom stereocenters. The van der Waals surface area contributed by atoms with Gasteiger partial charge in [-0.3, -0.25) is 10.4 Å². The predicted octanol–water partition coefficient (Wildman–Crippen LogP) is 8.20. The molecule has 3 rings (SSSR count). The number of nitrogens with two attached hydrogens (primary N) is 1. The van der Waals surface area contributed by atoms with Gasteiger partial charge in [0.15, 0.2) is 0 Å². The van der Waals surface area contributed by atoms with Gasteiger partial charge in [-0.25, -0.2) is 0 Å². The second-order valence-corrected chi connectivity index (χ2v) is 9.65.